The predicted molar refractivity (Wildman–Crippen MR) is 107 cm³/mol. The lowest BCUT2D eigenvalue weighted by Gasteiger charge is -2.32. The Kier molecular flexibility index (Phi) is 7.84. The Morgan fingerprint density at radius 2 is 2.00 bits per heavy atom. The predicted octanol–water partition coefficient (Wildman–Crippen LogP) is 3.70. The molecule has 1 aromatic rings. The van der Waals surface area contributed by atoms with Gasteiger partial charge in [-0.25, -0.2) is 0 Å². The Balaban J connectivity index is 1.29. The summed E-state index contributed by atoms with van der Waals surface area (Å²) in [6.07, 6.45) is 8.67. The molecule has 1 N–H and O–H groups in total. The lowest BCUT2D eigenvalue weighted by Crippen LogP contribution is -2.34. The fourth-order valence-electron chi connectivity index (χ4n) is 3.88. The molecule has 2 aliphatic rings. The number of hydrogen-bond acceptors (Lipinski definition) is 4. The summed E-state index contributed by atoms with van der Waals surface area (Å²) in [6, 6.07) is 8.91. The second-order valence-corrected chi connectivity index (χ2v) is 8.43. The molecule has 1 amide bonds. The van der Waals surface area contributed by atoms with Gasteiger partial charge in [0.25, 0.3) is 0 Å². The van der Waals surface area contributed by atoms with Crippen LogP contribution in [0.25, 0.3) is 0 Å². The normalized spacial score (nSPS) is 21.8. The van der Waals surface area contributed by atoms with Crippen molar-refractivity contribution in [1.82, 2.24) is 10.2 Å². The highest BCUT2D eigenvalue weighted by Gasteiger charge is 2.21. The molecule has 2 saturated heterocycles. The quantitative estimate of drug-likeness (QED) is 0.703. The molecule has 2 fully saturated rings. The first-order chi connectivity index (χ1) is 12.7. The molecule has 4 nitrogen and oxygen atoms in total. The number of rotatable bonds is 8. The van der Waals surface area contributed by atoms with Crippen LogP contribution in [0.2, 0.25) is 0 Å². The molecular weight excluding hydrogens is 344 g/mol. The highest BCUT2D eigenvalue weighted by atomic mass is 32.2. The monoisotopic (exact) mass is 376 g/mol. The molecule has 0 saturated carbocycles. The number of likely N-dealkylation sites (tertiary alicyclic amines) is 1. The fourth-order valence-corrected chi connectivity index (χ4v) is 4.29. The third kappa shape index (κ3) is 6.29. The zero-order valence-corrected chi connectivity index (χ0v) is 16.7. The lowest BCUT2D eigenvalue weighted by atomic mass is 9.92. The van der Waals surface area contributed by atoms with Gasteiger partial charge in [-0.15, -0.1) is 11.8 Å². The summed E-state index contributed by atoms with van der Waals surface area (Å²) in [5, 5.41) is 3.04. The van der Waals surface area contributed by atoms with Crippen molar-refractivity contribution in [2.24, 2.45) is 5.92 Å². The first-order valence-corrected chi connectivity index (χ1v) is 11.2. The van der Waals surface area contributed by atoms with Crippen LogP contribution in [0.15, 0.2) is 29.2 Å². The molecule has 144 valence electrons. The van der Waals surface area contributed by atoms with Crippen LogP contribution in [0.1, 0.15) is 44.1 Å². The van der Waals surface area contributed by atoms with Crippen LogP contribution in [0, 0.1) is 5.92 Å². The Morgan fingerprint density at radius 1 is 1.23 bits per heavy atom. The average molecular weight is 377 g/mol. The van der Waals surface area contributed by atoms with Gasteiger partial charge in [0.1, 0.15) is 0 Å². The van der Waals surface area contributed by atoms with E-state index in [1.165, 1.54) is 23.3 Å². The van der Waals surface area contributed by atoms with Crippen molar-refractivity contribution >= 4 is 17.7 Å². The van der Waals surface area contributed by atoms with Gasteiger partial charge >= 0.3 is 0 Å². The van der Waals surface area contributed by atoms with Crippen molar-refractivity contribution in [3.05, 3.63) is 29.8 Å². The lowest BCUT2D eigenvalue weighted by molar-refractivity contribution is -0.122. The molecule has 2 aliphatic heterocycles. The molecule has 1 atom stereocenters. The molecular formula is C21H32N2O2S. The molecule has 0 spiro atoms. The van der Waals surface area contributed by atoms with Gasteiger partial charge in [0, 0.05) is 31.0 Å². The van der Waals surface area contributed by atoms with E-state index < -0.39 is 0 Å². The molecule has 2 heterocycles. The number of piperidine rings is 1. The standard InChI is InChI=1S/C21H32N2O2S/c1-26-20-7-4-18(5-8-20)16-23-12-10-17(11-13-23)6-9-21(24)22-15-19-3-2-14-25-19/h4-5,7-8,17,19H,2-3,6,9-16H2,1H3,(H,22,24). The second kappa shape index (κ2) is 10.3. The number of ether oxygens (including phenoxy) is 1. The van der Waals surface area contributed by atoms with Crippen LogP contribution in [-0.2, 0) is 16.1 Å². The molecule has 5 heteroatoms. The first kappa shape index (κ1) is 19.7. The second-order valence-electron chi connectivity index (χ2n) is 7.55. The van der Waals surface area contributed by atoms with Crippen molar-refractivity contribution in [3.8, 4) is 0 Å². The van der Waals surface area contributed by atoms with E-state index in [1.807, 2.05) is 0 Å². The van der Waals surface area contributed by atoms with Gasteiger partial charge < -0.3 is 10.1 Å². The number of thioether (sulfide) groups is 1. The van der Waals surface area contributed by atoms with Crippen molar-refractivity contribution in [1.29, 1.82) is 0 Å². The van der Waals surface area contributed by atoms with E-state index in [0.717, 1.165) is 45.5 Å². The Labute approximate surface area is 162 Å². The van der Waals surface area contributed by atoms with E-state index in [-0.39, 0.29) is 12.0 Å². The zero-order valence-electron chi connectivity index (χ0n) is 15.9. The maximum absolute atomic E-state index is 12.0. The highest BCUT2D eigenvalue weighted by molar-refractivity contribution is 7.98. The fraction of sp³-hybridized carbons (Fsp3) is 0.667. The van der Waals surface area contributed by atoms with Crippen molar-refractivity contribution in [2.45, 2.75) is 56.1 Å². The van der Waals surface area contributed by atoms with Crippen molar-refractivity contribution < 1.29 is 9.53 Å². The van der Waals surface area contributed by atoms with Gasteiger partial charge in [-0.05, 0) is 75.1 Å². The average Bonchev–Trinajstić information content (AvgIpc) is 3.20. The third-order valence-corrected chi connectivity index (χ3v) is 6.35. The summed E-state index contributed by atoms with van der Waals surface area (Å²) in [4.78, 5) is 15.9. The van der Waals surface area contributed by atoms with Crippen LogP contribution in [0.5, 0.6) is 0 Å². The molecule has 0 radical (unpaired) electrons. The Hall–Kier alpha value is -1.04. The molecule has 1 unspecified atom stereocenters. The first-order valence-electron chi connectivity index (χ1n) is 9.96. The SMILES string of the molecule is CSc1ccc(CN2CCC(CCC(=O)NCC3CCCO3)CC2)cc1. The van der Waals surface area contributed by atoms with Gasteiger partial charge in [-0.2, -0.15) is 0 Å². The largest absolute Gasteiger partial charge is 0.376 e. The minimum atomic E-state index is 0.191. The number of hydrogen-bond donors (Lipinski definition) is 1. The van der Waals surface area contributed by atoms with E-state index in [9.17, 15) is 4.79 Å². The van der Waals surface area contributed by atoms with E-state index >= 15 is 0 Å². The van der Waals surface area contributed by atoms with Crippen LogP contribution >= 0.6 is 11.8 Å². The number of carbonyl (C=O) groups excluding carboxylic acids is 1. The number of amides is 1. The van der Waals surface area contributed by atoms with Crippen molar-refractivity contribution in [2.75, 3.05) is 32.5 Å². The number of nitrogens with one attached hydrogen (secondary N) is 1. The summed E-state index contributed by atoms with van der Waals surface area (Å²) < 4.78 is 5.55. The topological polar surface area (TPSA) is 41.6 Å². The van der Waals surface area contributed by atoms with Crippen LogP contribution in [0.3, 0.4) is 0 Å². The Bertz CT molecular complexity index is 550. The molecule has 0 aromatic heterocycles. The highest BCUT2D eigenvalue weighted by Crippen LogP contribution is 2.24. The van der Waals surface area contributed by atoms with Crippen LogP contribution < -0.4 is 5.32 Å². The summed E-state index contributed by atoms with van der Waals surface area (Å²) >= 11 is 1.79. The van der Waals surface area contributed by atoms with Crippen LogP contribution in [-0.4, -0.2) is 49.4 Å². The number of carbonyl (C=O) groups is 1. The van der Waals surface area contributed by atoms with Gasteiger partial charge in [0.05, 0.1) is 6.10 Å². The molecule has 3 rings (SSSR count). The van der Waals surface area contributed by atoms with E-state index in [0.29, 0.717) is 18.9 Å². The zero-order chi connectivity index (χ0) is 18.2. The summed E-state index contributed by atoms with van der Waals surface area (Å²) in [6.45, 7) is 4.87. The molecule has 0 bridgehead atoms. The minimum Gasteiger partial charge on any atom is -0.376 e. The summed E-state index contributed by atoms with van der Waals surface area (Å²) in [5.41, 5.74) is 1.40. The molecule has 1 aromatic carbocycles. The van der Waals surface area contributed by atoms with E-state index in [2.05, 4.69) is 40.7 Å². The third-order valence-electron chi connectivity index (χ3n) is 5.60. The summed E-state index contributed by atoms with van der Waals surface area (Å²) in [7, 11) is 0. The smallest absolute Gasteiger partial charge is 0.220 e. The van der Waals surface area contributed by atoms with Gasteiger partial charge in [0.15, 0.2) is 0 Å². The van der Waals surface area contributed by atoms with Crippen molar-refractivity contribution in [3.63, 3.8) is 0 Å². The maximum atomic E-state index is 12.0. The summed E-state index contributed by atoms with van der Waals surface area (Å²) in [5.74, 6) is 0.885. The molecule has 0 aliphatic carbocycles. The minimum absolute atomic E-state index is 0.191. The maximum Gasteiger partial charge on any atom is 0.220 e. The van der Waals surface area contributed by atoms with Gasteiger partial charge in [-0.3, -0.25) is 9.69 Å². The number of nitrogens with zero attached hydrogens (tertiary/aromatic N) is 1. The number of benzene rings is 1. The van der Waals surface area contributed by atoms with Gasteiger partial charge in [0.2, 0.25) is 5.91 Å². The van der Waals surface area contributed by atoms with Crippen LogP contribution in [0.4, 0.5) is 0 Å². The molecule has 26 heavy (non-hydrogen) atoms. The van der Waals surface area contributed by atoms with E-state index in [4.69, 9.17) is 4.74 Å². The van der Waals surface area contributed by atoms with Gasteiger partial charge in [-0.1, -0.05) is 12.1 Å². The Morgan fingerprint density at radius 3 is 2.65 bits per heavy atom. The van der Waals surface area contributed by atoms with E-state index in [1.54, 1.807) is 11.8 Å².